The van der Waals surface area contributed by atoms with E-state index in [-0.39, 0.29) is 38.0 Å². The Labute approximate surface area is 332 Å². The molecule has 3 aromatic heterocycles. The van der Waals surface area contributed by atoms with Crippen LogP contribution in [-0.2, 0) is 32.2 Å². The summed E-state index contributed by atoms with van der Waals surface area (Å²) in [4.78, 5) is 71.9. The fraction of sp³-hybridized carbons (Fsp3) is 0.381. The summed E-state index contributed by atoms with van der Waals surface area (Å²) in [6.45, 7) is 13.5. The molecule has 0 aliphatic carbocycles. The van der Waals surface area contributed by atoms with E-state index in [4.69, 9.17) is 0 Å². The SMILES string of the molecule is CCCN(Cc1ncc(-c2ccc(-c3ccc(-c4cnc(CN(CCC)C(=O)CNC(=O)OC)[nH]4)c4cc(C)[nH]c34)c(C=C(C)C)c2C)[nH]1)C(=O)CNC(=O)OC. The van der Waals surface area contributed by atoms with Crippen molar-refractivity contribution < 1.29 is 28.7 Å². The number of carbonyl (C=O) groups excluding carboxylic acids is 4. The minimum absolute atomic E-state index is 0.163. The topological polar surface area (TPSA) is 190 Å². The number of aromatic amines is 3. The van der Waals surface area contributed by atoms with E-state index in [0.29, 0.717) is 24.7 Å². The lowest BCUT2D eigenvalue weighted by atomic mass is 9.89. The van der Waals surface area contributed by atoms with E-state index in [9.17, 15) is 19.2 Å². The van der Waals surface area contributed by atoms with Gasteiger partial charge in [-0.25, -0.2) is 19.6 Å². The van der Waals surface area contributed by atoms with Crippen LogP contribution in [0.15, 0.2) is 48.3 Å². The molecule has 0 spiro atoms. The van der Waals surface area contributed by atoms with Crippen molar-refractivity contribution in [1.29, 1.82) is 0 Å². The smallest absolute Gasteiger partial charge is 0.407 e. The summed E-state index contributed by atoms with van der Waals surface area (Å²) in [5.41, 5.74) is 11.0. The highest BCUT2D eigenvalue weighted by Crippen LogP contribution is 2.40. The van der Waals surface area contributed by atoms with E-state index >= 15 is 0 Å². The van der Waals surface area contributed by atoms with E-state index in [2.05, 4.69) is 102 Å². The second-order valence-electron chi connectivity index (χ2n) is 14.1. The first-order valence-electron chi connectivity index (χ1n) is 19.1. The molecule has 57 heavy (non-hydrogen) atoms. The highest BCUT2D eigenvalue weighted by atomic mass is 16.5. The van der Waals surface area contributed by atoms with Crippen molar-refractivity contribution in [2.45, 2.75) is 67.5 Å². The van der Waals surface area contributed by atoms with Crippen LogP contribution in [-0.4, -0.2) is 99.1 Å². The fourth-order valence-electron chi connectivity index (χ4n) is 6.85. The molecule has 0 atom stereocenters. The van der Waals surface area contributed by atoms with E-state index in [1.807, 2.05) is 20.8 Å². The number of nitrogens with one attached hydrogen (secondary N) is 5. The molecule has 0 aliphatic rings. The lowest BCUT2D eigenvalue weighted by Crippen LogP contribution is -2.40. The first-order valence-corrected chi connectivity index (χ1v) is 19.1. The molecule has 5 aromatic rings. The predicted octanol–water partition coefficient (Wildman–Crippen LogP) is 6.84. The van der Waals surface area contributed by atoms with E-state index in [1.54, 1.807) is 22.2 Å². The number of aromatic nitrogens is 5. The first kappa shape index (κ1) is 41.8. The molecule has 15 nitrogen and oxygen atoms in total. The maximum absolute atomic E-state index is 12.9. The number of aryl methyl sites for hydroxylation is 1. The van der Waals surface area contributed by atoms with Gasteiger partial charge in [0.2, 0.25) is 11.8 Å². The van der Waals surface area contributed by atoms with Crippen LogP contribution in [0.25, 0.3) is 50.6 Å². The normalized spacial score (nSPS) is 10.9. The highest BCUT2D eigenvalue weighted by Gasteiger charge is 2.21. The van der Waals surface area contributed by atoms with Crippen LogP contribution >= 0.6 is 0 Å². The van der Waals surface area contributed by atoms with Gasteiger partial charge in [-0.2, -0.15) is 0 Å². The highest BCUT2D eigenvalue weighted by molar-refractivity contribution is 6.04. The number of hydrogen-bond donors (Lipinski definition) is 5. The third-order valence-corrected chi connectivity index (χ3v) is 9.52. The molecule has 0 saturated heterocycles. The summed E-state index contributed by atoms with van der Waals surface area (Å²) < 4.78 is 9.21. The third-order valence-electron chi connectivity index (χ3n) is 9.52. The lowest BCUT2D eigenvalue weighted by molar-refractivity contribution is -0.131. The van der Waals surface area contributed by atoms with Crippen molar-refractivity contribution in [3.05, 3.63) is 76.8 Å². The standard InChI is InChI=1S/C42H53N9O6/c1-9-15-50(38(52)21-45-41(54)56-7)23-36-43-19-34(48-36)28-11-12-29(32(27(28)6)17-25(3)4)31-14-13-30(33-18-26(5)47-40(31)33)35-20-44-37(49-35)24-51(16-10-2)39(53)22-46-42(55)57-8/h11-14,17-20,47H,9-10,15-16,21-24H2,1-8H3,(H,43,48)(H,44,49)(H,45,54)(H,46,55). The number of ether oxygens (including phenoxy) is 2. The Morgan fingerprint density at radius 2 is 1.21 bits per heavy atom. The number of hydrogen-bond acceptors (Lipinski definition) is 8. The number of fused-ring (bicyclic) bond motifs is 1. The van der Waals surface area contributed by atoms with Crippen LogP contribution in [0.5, 0.6) is 0 Å². The Bertz CT molecular complexity index is 2260. The number of H-pyrrole nitrogens is 3. The van der Waals surface area contributed by atoms with Crippen molar-refractivity contribution in [3.8, 4) is 33.6 Å². The molecular weight excluding hydrogens is 727 g/mol. The van der Waals surface area contributed by atoms with Crippen LogP contribution in [0.3, 0.4) is 0 Å². The second kappa shape index (κ2) is 19.0. The van der Waals surface area contributed by atoms with Crippen molar-refractivity contribution in [1.82, 2.24) is 45.4 Å². The Hall–Kier alpha value is -6.38. The molecule has 0 bridgehead atoms. The number of methoxy groups -OCH3 is 2. The van der Waals surface area contributed by atoms with Gasteiger partial charge in [0.1, 0.15) is 24.7 Å². The first-order chi connectivity index (χ1) is 27.4. The van der Waals surface area contributed by atoms with Crippen LogP contribution in [0.4, 0.5) is 9.59 Å². The molecule has 3 heterocycles. The number of rotatable bonds is 16. The van der Waals surface area contributed by atoms with Gasteiger partial charge >= 0.3 is 12.2 Å². The van der Waals surface area contributed by atoms with Gasteiger partial charge in [0, 0.05) is 40.9 Å². The second-order valence-corrected chi connectivity index (χ2v) is 14.1. The van der Waals surface area contributed by atoms with Gasteiger partial charge in [0.15, 0.2) is 0 Å². The average molecular weight is 780 g/mol. The number of carbonyl (C=O) groups is 4. The zero-order chi connectivity index (χ0) is 41.2. The number of amides is 4. The van der Waals surface area contributed by atoms with Gasteiger partial charge in [-0.05, 0) is 63.3 Å². The largest absolute Gasteiger partial charge is 0.453 e. The van der Waals surface area contributed by atoms with Gasteiger partial charge in [0.25, 0.3) is 0 Å². The van der Waals surface area contributed by atoms with Crippen molar-refractivity contribution in [3.63, 3.8) is 0 Å². The monoisotopic (exact) mass is 779 g/mol. The molecule has 0 fully saturated rings. The molecule has 15 heteroatoms. The number of alkyl carbamates (subject to hydrolysis) is 2. The fourth-order valence-corrected chi connectivity index (χ4v) is 6.85. The summed E-state index contributed by atoms with van der Waals surface area (Å²) in [7, 11) is 2.52. The van der Waals surface area contributed by atoms with Crippen molar-refractivity contribution in [2.75, 3.05) is 40.4 Å². The van der Waals surface area contributed by atoms with Crippen LogP contribution in [0.1, 0.15) is 69.0 Å². The van der Waals surface area contributed by atoms with Gasteiger partial charge in [-0.1, -0.05) is 49.8 Å². The van der Waals surface area contributed by atoms with E-state index in [1.165, 1.54) is 14.2 Å². The lowest BCUT2D eigenvalue weighted by Gasteiger charge is -2.21. The molecule has 0 aliphatic heterocycles. The third kappa shape index (κ3) is 10.1. The van der Waals surface area contributed by atoms with Crippen LogP contribution in [0, 0.1) is 13.8 Å². The van der Waals surface area contributed by atoms with E-state index < -0.39 is 12.2 Å². The number of imidazole rings is 2. The molecular formula is C42H53N9O6. The quantitative estimate of drug-likeness (QED) is 0.0719. The van der Waals surface area contributed by atoms with Gasteiger partial charge in [-0.15, -0.1) is 0 Å². The summed E-state index contributed by atoms with van der Waals surface area (Å²) in [5.74, 6) is 0.812. The Balaban J connectivity index is 1.45. The summed E-state index contributed by atoms with van der Waals surface area (Å²) in [6.07, 6.45) is 5.96. The van der Waals surface area contributed by atoms with E-state index in [0.717, 1.165) is 79.8 Å². The predicted molar refractivity (Wildman–Crippen MR) is 220 cm³/mol. The van der Waals surface area contributed by atoms with Crippen molar-refractivity contribution in [2.24, 2.45) is 0 Å². The maximum Gasteiger partial charge on any atom is 0.407 e. The Kier molecular flexibility index (Phi) is 13.9. The molecule has 0 radical (unpaired) electrons. The molecule has 5 N–H and O–H groups in total. The maximum atomic E-state index is 12.9. The van der Waals surface area contributed by atoms with Gasteiger partial charge in [-0.3, -0.25) is 9.59 Å². The molecule has 0 unspecified atom stereocenters. The molecule has 2 aromatic carbocycles. The minimum atomic E-state index is -0.658. The average Bonchev–Trinajstić information content (AvgIpc) is 3.95. The summed E-state index contributed by atoms with van der Waals surface area (Å²) in [5, 5.41) is 5.95. The molecule has 4 amide bonds. The van der Waals surface area contributed by atoms with Gasteiger partial charge in [0.05, 0.1) is 56.6 Å². The van der Waals surface area contributed by atoms with Gasteiger partial charge < -0.3 is 44.9 Å². The number of nitrogens with zero attached hydrogens (tertiary/aromatic N) is 4. The van der Waals surface area contributed by atoms with Crippen LogP contribution < -0.4 is 10.6 Å². The zero-order valence-corrected chi connectivity index (χ0v) is 34.0. The Morgan fingerprint density at radius 1 is 0.719 bits per heavy atom. The molecule has 5 rings (SSSR count). The minimum Gasteiger partial charge on any atom is -0.453 e. The van der Waals surface area contributed by atoms with Crippen molar-refractivity contribution >= 4 is 41.0 Å². The number of allylic oxidation sites excluding steroid dienone is 1. The Morgan fingerprint density at radius 3 is 1.72 bits per heavy atom. The zero-order valence-electron chi connectivity index (χ0n) is 34.0. The van der Waals surface area contributed by atoms with Crippen LogP contribution in [0.2, 0.25) is 0 Å². The summed E-state index contributed by atoms with van der Waals surface area (Å²) >= 11 is 0. The molecule has 302 valence electrons. The summed E-state index contributed by atoms with van der Waals surface area (Å²) in [6, 6.07) is 10.6. The molecule has 0 saturated carbocycles. The number of benzene rings is 2.